The number of carboxylic acid groups (broad SMARTS) is 1. The number of nitrogens with zero attached hydrogens (tertiary/aromatic N) is 2. The summed E-state index contributed by atoms with van der Waals surface area (Å²) in [6, 6.07) is -0.379. The molecule has 0 aromatic rings. The number of likely N-dealkylation sites (tertiary alicyclic amines) is 1. The van der Waals surface area contributed by atoms with Gasteiger partial charge in [-0.15, -0.1) is 0 Å². The highest BCUT2D eigenvalue weighted by Gasteiger charge is 2.36. The minimum Gasteiger partial charge on any atom is -0.481 e. The van der Waals surface area contributed by atoms with Gasteiger partial charge in [0.05, 0.1) is 25.7 Å². The molecule has 2 saturated heterocycles. The molecule has 6 heteroatoms. The van der Waals surface area contributed by atoms with E-state index < -0.39 is 5.97 Å². The molecule has 0 bridgehead atoms. The Bertz CT molecular complexity index is 351. The van der Waals surface area contributed by atoms with Crippen molar-refractivity contribution in [3.63, 3.8) is 0 Å². The molecule has 2 rings (SSSR count). The van der Waals surface area contributed by atoms with E-state index in [1.165, 1.54) is 0 Å². The fourth-order valence-corrected chi connectivity index (χ4v) is 2.74. The molecule has 2 amide bonds. The molecule has 3 atom stereocenters. The minimum atomic E-state index is -0.892. The van der Waals surface area contributed by atoms with Gasteiger partial charge in [0.25, 0.3) is 0 Å². The summed E-state index contributed by atoms with van der Waals surface area (Å²) in [5.74, 6) is 0.113. The molecule has 19 heavy (non-hydrogen) atoms. The first-order chi connectivity index (χ1) is 8.99. The summed E-state index contributed by atoms with van der Waals surface area (Å²) in [5, 5.41) is 8.91. The number of amides is 2. The Kier molecular flexibility index (Phi) is 4.29. The molecular formula is C13H22N2O4. The van der Waals surface area contributed by atoms with E-state index in [9.17, 15) is 9.59 Å². The van der Waals surface area contributed by atoms with Gasteiger partial charge in [-0.2, -0.15) is 0 Å². The third-order valence-electron chi connectivity index (χ3n) is 4.14. The Hall–Kier alpha value is -1.30. The Morgan fingerprint density at radius 3 is 2.47 bits per heavy atom. The molecule has 0 aliphatic carbocycles. The topological polar surface area (TPSA) is 70.1 Å². The summed E-state index contributed by atoms with van der Waals surface area (Å²) in [6.45, 7) is 7.10. The third-order valence-corrected chi connectivity index (χ3v) is 4.14. The maximum Gasteiger partial charge on any atom is 0.320 e. The Balaban J connectivity index is 2.01. The maximum absolute atomic E-state index is 12.5. The SMILES string of the molecule is CC1CN(C(=O)N2CCOCC2CC(=O)O)CC1C. The highest BCUT2D eigenvalue weighted by Crippen LogP contribution is 2.24. The molecule has 1 N–H and O–H groups in total. The molecule has 2 heterocycles. The molecule has 2 aliphatic rings. The smallest absolute Gasteiger partial charge is 0.320 e. The number of ether oxygens (including phenoxy) is 1. The number of hydrogen-bond acceptors (Lipinski definition) is 3. The first-order valence-electron chi connectivity index (χ1n) is 6.84. The van der Waals surface area contributed by atoms with Gasteiger partial charge in [-0.1, -0.05) is 13.8 Å². The van der Waals surface area contributed by atoms with Crippen molar-refractivity contribution < 1.29 is 19.4 Å². The van der Waals surface area contributed by atoms with Crippen LogP contribution in [0, 0.1) is 11.8 Å². The van der Waals surface area contributed by atoms with Gasteiger partial charge in [-0.05, 0) is 11.8 Å². The molecule has 0 aromatic heterocycles. The Morgan fingerprint density at radius 1 is 1.26 bits per heavy atom. The molecule has 0 saturated carbocycles. The number of aliphatic carboxylic acids is 1. The van der Waals surface area contributed by atoms with Gasteiger partial charge in [-0.25, -0.2) is 4.79 Å². The van der Waals surface area contributed by atoms with Crippen LogP contribution < -0.4 is 0 Å². The van der Waals surface area contributed by atoms with Crippen molar-refractivity contribution in [3.8, 4) is 0 Å². The van der Waals surface area contributed by atoms with E-state index >= 15 is 0 Å². The number of rotatable bonds is 2. The lowest BCUT2D eigenvalue weighted by atomic mass is 10.0. The third kappa shape index (κ3) is 3.18. The van der Waals surface area contributed by atoms with Crippen molar-refractivity contribution in [2.45, 2.75) is 26.3 Å². The lowest BCUT2D eigenvalue weighted by Gasteiger charge is -2.37. The lowest BCUT2D eigenvalue weighted by molar-refractivity contribution is -0.139. The van der Waals surface area contributed by atoms with Crippen molar-refractivity contribution in [2.24, 2.45) is 11.8 Å². The quantitative estimate of drug-likeness (QED) is 0.808. The second-order valence-electron chi connectivity index (χ2n) is 5.66. The highest BCUT2D eigenvalue weighted by atomic mass is 16.5. The monoisotopic (exact) mass is 270 g/mol. The molecule has 2 fully saturated rings. The van der Waals surface area contributed by atoms with E-state index in [1.807, 2.05) is 4.90 Å². The van der Waals surface area contributed by atoms with Crippen LogP contribution in [0.4, 0.5) is 4.79 Å². The highest BCUT2D eigenvalue weighted by molar-refractivity contribution is 5.76. The number of hydrogen-bond donors (Lipinski definition) is 1. The first kappa shape index (κ1) is 14.1. The van der Waals surface area contributed by atoms with Crippen molar-refractivity contribution in [2.75, 3.05) is 32.8 Å². The van der Waals surface area contributed by atoms with Crippen LogP contribution in [0.15, 0.2) is 0 Å². The summed E-state index contributed by atoms with van der Waals surface area (Å²) in [4.78, 5) is 26.9. The predicted molar refractivity (Wildman–Crippen MR) is 68.9 cm³/mol. The summed E-state index contributed by atoms with van der Waals surface area (Å²) in [5.41, 5.74) is 0. The van der Waals surface area contributed by atoms with Crippen molar-refractivity contribution >= 4 is 12.0 Å². The van der Waals surface area contributed by atoms with E-state index in [2.05, 4.69) is 13.8 Å². The number of carbonyl (C=O) groups excluding carboxylic acids is 1. The van der Waals surface area contributed by atoms with Crippen LogP contribution in [0.1, 0.15) is 20.3 Å². The normalized spacial score (nSPS) is 31.6. The van der Waals surface area contributed by atoms with Crippen LogP contribution in [0.5, 0.6) is 0 Å². The van der Waals surface area contributed by atoms with E-state index in [0.717, 1.165) is 13.1 Å². The van der Waals surface area contributed by atoms with E-state index in [1.54, 1.807) is 4.90 Å². The minimum absolute atomic E-state index is 0.0363. The largest absolute Gasteiger partial charge is 0.481 e. The van der Waals surface area contributed by atoms with Gasteiger partial charge >= 0.3 is 12.0 Å². The van der Waals surface area contributed by atoms with Crippen LogP contribution in [0.25, 0.3) is 0 Å². The number of urea groups is 1. The molecule has 2 aliphatic heterocycles. The van der Waals surface area contributed by atoms with Gasteiger partial charge in [0.2, 0.25) is 0 Å². The summed E-state index contributed by atoms with van der Waals surface area (Å²) in [6.07, 6.45) is -0.0509. The van der Waals surface area contributed by atoms with Crippen molar-refractivity contribution in [1.29, 1.82) is 0 Å². The zero-order valence-electron chi connectivity index (χ0n) is 11.5. The lowest BCUT2D eigenvalue weighted by Crippen LogP contribution is -2.53. The van der Waals surface area contributed by atoms with Crippen LogP contribution in [0.3, 0.4) is 0 Å². The fraction of sp³-hybridized carbons (Fsp3) is 0.846. The summed E-state index contributed by atoms with van der Waals surface area (Å²) >= 11 is 0. The van der Waals surface area contributed by atoms with Crippen molar-refractivity contribution in [3.05, 3.63) is 0 Å². The average Bonchev–Trinajstić information content (AvgIpc) is 2.69. The van der Waals surface area contributed by atoms with E-state index in [4.69, 9.17) is 9.84 Å². The second-order valence-corrected chi connectivity index (χ2v) is 5.66. The van der Waals surface area contributed by atoms with Crippen LogP contribution >= 0.6 is 0 Å². The molecule has 108 valence electrons. The summed E-state index contributed by atoms with van der Waals surface area (Å²) in [7, 11) is 0. The Labute approximate surface area is 113 Å². The van der Waals surface area contributed by atoms with Gasteiger partial charge < -0.3 is 19.6 Å². The number of carboxylic acids is 1. The first-order valence-corrected chi connectivity index (χ1v) is 6.84. The molecule has 0 aromatic carbocycles. The average molecular weight is 270 g/mol. The van der Waals surface area contributed by atoms with E-state index in [0.29, 0.717) is 31.6 Å². The molecule has 6 nitrogen and oxygen atoms in total. The zero-order chi connectivity index (χ0) is 14.0. The van der Waals surface area contributed by atoms with Gasteiger partial charge in [0.1, 0.15) is 0 Å². The van der Waals surface area contributed by atoms with Crippen LogP contribution in [-0.2, 0) is 9.53 Å². The second kappa shape index (κ2) is 5.77. The number of carbonyl (C=O) groups is 2. The maximum atomic E-state index is 12.5. The fourth-order valence-electron chi connectivity index (χ4n) is 2.74. The standard InChI is InChI=1S/C13H22N2O4/c1-9-6-14(7-10(9)2)13(18)15-3-4-19-8-11(15)5-12(16)17/h9-11H,3-8H2,1-2H3,(H,16,17). The molecule has 0 spiro atoms. The van der Waals surface area contributed by atoms with Gasteiger partial charge in [0, 0.05) is 19.6 Å². The molecule has 3 unspecified atom stereocenters. The number of morpholine rings is 1. The molecular weight excluding hydrogens is 248 g/mol. The summed E-state index contributed by atoms with van der Waals surface area (Å²) < 4.78 is 5.29. The molecule has 0 radical (unpaired) electrons. The van der Waals surface area contributed by atoms with Gasteiger partial charge in [0.15, 0.2) is 0 Å². The Morgan fingerprint density at radius 2 is 1.89 bits per heavy atom. The van der Waals surface area contributed by atoms with Crippen molar-refractivity contribution in [1.82, 2.24) is 9.80 Å². The van der Waals surface area contributed by atoms with Crippen LogP contribution in [-0.4, -0.2) is 65.8 Å². The van der Waals surface area contributed by atoms with Crippen LogP contribution in [0.2, 0.25) is 0 Å². The predicted octanol–water partition coefficient (Wildman–Crippen LogP) is 0.870. The zero-order valence-corrected chi connectivity index (χ0v) is 11.5. The van der Waals surface area contributed by atoms with E-state index in [-0.39, 0.29) is 18.5 Å². The van der Waals surface area contributed by atoms with Gasteiger partial charge in [-0.3, -0.25) is 4.79 Å².